The van der Waals surface area contributed by atoms with Crippen molar-refractivity contribution in [1.29, 1.82) is 0 Å². The maximum Gasteiger partial charge on any atom is 0.262 e. The number of ether oxygens (including phenoxy) is 4. The van der Waals surface area contributed by atoms with Crippen molar-refractivity contribution in [3.63, 3.8) is 0 Å². The number of benzene rings is 3. The zero-order chi connectivity index (χ0) is 28.9. The van der Waals surface area contributed by atoms with Crippen molar-refractivity contribution in [3.8, 4) is 23.0 Å². The van der Waals surface area contributed by atoms with E-state index in [9.17, 15) is 21.6 Å². The van der Waals surface area contributed by atoms with Crippen LogP contribution in [-0.4, -0.2) is 56.6 Å². The van der Waals surface area contributed by atoms with Gasteiger partial charge in [0.2, 0.25) is 22.7 Å². The van der Waals surface area contributed by atoms with Crippen LogP contribution in [0, 0.1) is 0 Å². The molecule has 0 aliphatic carbocycles. The van der Waals surface area contributed by atoms with Crippen LogP contribution in [-0.2, 0) is 24.8 Å². The molecule has 0 spiro atoms. The Bertz CT molecular complexity index is 1590. The van der Waals surface area contributed by atoms with Crippen LogP contribution < -0.4 is 33.3 Å². The Kier molecular flexibility index (Phi) is 8.59. The van der Waals surface area contributed by atoms with Gasteiger partial charge in [0, 0.05) is 30.8 Å². The SMILES string of the molecule is COc1ccc(OC)c(NS(=O)(=O)c2ccc(NC(=O)CCCN(c3ccc4c(c3)OCO4)S(C)(=O)=O)cc2)c1. The molecule has 4 rings (SSSR count). The molecule has 3 aromatic rings. The second-order valence-corrected chi connectivity index (χ2v) is 12.3. The molecular formula is C26H29N3O9S2. The first-order chi connectivity index (χ1) is 19.0. The van der Waals surface area contributed by atoms with E-state index >= 15 is 0 Å². The molecule has 214 valence electrons. The number of nitrogens with zero attached hydrogens (tertiary/aromatic N) is 1. The summed E-state index contributed by atoms with van der Waals surface area (Å²) in [5, 5.41) is 2.69. The molecule has 0 aromatic heterocycles. The first kappa shape index (κ1) is 28.8. The molecule has 1 aliphatic rings. The van der Waals surface area contributed by atoms with Gasteiger partial charge in [-0.05, 0) is 55.0 Å². The van der Waals surface area contributed by atoms with E-state index in [0.29, 0.717) is 34.4 Å². The number of nitrogens with one attached hydrogen (secondary N) is 2. The minimum atomic E-state index is -3.96. The third-order valence-corrected chi connectivity index (χ3v) is 8.48. The standard InChI is InChI=1S/C26H29N3O9S2/c1-35-20-9-13-23(36-2)22(16-20)28-40(33,34)21-10-6-18(7-11-21)27-26(30)5-4-14-29(39(3,31)32)19-8-12-24-25(15-19)38-17-37-24/h6-13,15-16,28H,4-5,14,17H2,1-3H3,(H,27,30). The lowest BCUT2D eigenvalue weighted by Crippen LogP contribution is -2.31. The van der Waals surface area contributed by atoms with Crippen LogP contribution in [0.1, 0.15) is 12.8 Å². The Morgan fingerprint density at radius 1 is 0.925 bits per heavy atom. The van der Waals surface area contributed by atoms with E-state index in [1.807, 2.05) is 0 Å². The summed E-state index contributed by atoms with van der Waals surface area (Å²) < 4.78 is 75.2. The van der Waals surface area contributed by atoms with E-state index in [2.05, 4.69) is 10.0 Å². The zero-order valence-electron chi connectivity index (χ0n) is 22.0. The summed E-state index contributed by atoms with van der Waals surface area (Å²) in [5.74, 6) is 1.40. The number of rotatable bonds is 12. The summed E-state index contributed by atoms with van der Waals surface area (Å²) in [7, 11) is -4.69. The van der Waals surface area contributed by atoms with Gasteiger partial charge in [0.25, 0.3) is 10.0 Å². The number of amides is 1. The molecule has 0 atom stereocenters. The van der Waals surface area contributed by atoms with Crippen molar-refractivity contribution < 1.29 is 40.6 Å². The normalized spacial score (nSPS) is 12.5. The van der Waals surface area contributed by atoms with E-state index in [-0.39, 0.29) is 42.7 Å². The van der Waals surface area contributed by atoms with E-state index < -0.39 is 20.0 Å². The fraction of sp³-hybridized carbons (Fsp3) is 0.269. The van der Waals surface area contributed by atoms with E-state index in [4.69, 9.17) is 18.9 Å². The maximum absolute atomic E-state index is 12.9. The van der Waals surface area contributed by atoms with Crippen molar-refractivity contribution in [2.24, 2.45) is 0 Å². The van der Waals surface area contributed by atoms with Gasteiger partial charge in [-0.1, -0.05) is 0 Å². The van der Waals surface area contributed by atoms with Crippen LogP contribution in [0.15, 0.2) is 65.6 Å². The predicted molar refractivity (Wildman–Crippen MR) is 149 cm³/mol. The molecule has 1 heterocycles. The fourth-order valence-corrected chi connectivity index (χ4v) is 5.97. The van der Waals surface area contributed by atoms with E-state index in [0.717, 1.165) is 6.26 Å². The second kappa shape index (κ2) is 11.9. The molecule has 1 aliphatic heterocycles. The Labute approximate surface area is 232 Å². The third kappa shape index (κ3) is 6.87. The lowest BCUT2D eigenvalue weighted by molar-refractivity contribution is -0.116. The molecule has 40 heavy (non-hydrogen) atoms. The van der Waals surface area contributed by atoms with Gasteiger partial charge in [-0.25, -0.2) is 16.8 Å². The molecular weight excluding hydrogens is 562 g/mol. The predicted octanol–water partition coefficient (Wildman–Crippen LogP) is 3.42. The minimum absolute atomic E-state index is 0.0251. The highest BCUT2D eigenvalue weighted by atomic mass is 32.2. The topological polar surface area (TPSA) is 150 Å². The van der Waals surface area contributed by atoms with Gasteiger partial charge in [0.15, 0.2) is 11.5 Å². The van der Waals surface area contributed by atoms with Gasteiger partial charge in [-0.3, -0.25) is 13.8 Å². The molecule has 1 amide bonds. The number of fused-ring (bicyclic) bond motifs is 1. The maximum atomic E-state index is 12.9. The summed E-state index contributed by atoms with van der Waals surface area (Å²) in [4.78, 5) is 12.5. The third-order valence-electron chi connectivity index (χ3n) is 5.91. The smallest absolute Gasteiger partial charge is 0.262 e. The number of methoxy groups -OCH3 is 2. The van der Waals surface area contributed by atoms with E-state index in [1.54, 1.807) is 30.3 Å². The number of hydrogen-bond acceptors (Lipinski definition) is 9. The number of carbonyl (C=O) groups excluding carboxylic acids is 1. The number of sulfonamides is 2. The number of hydrogen-bond donors (Lipinski definition) is 2. The van der Waals surface area contributed by atoms with Gasteiger partial charge in [-0.2, -0.15) is 0 Å². The van der Waals surface area contributed by atoms with Gasteiger partial charge < -0.3 is 24.3 Å². The number of carbonyl (C=O) groups is 1. The van der Waals surface area contributed by atoms with Crippen LogP contribution in [0.25, 0.3) is 0 Å². The lowest BCUT2D eigenvalue weighted by atomic mass is 10.2. The summed E-state index contributed by atoms with van der Waals surface area (Å²) >= 11 is 0. The average Bonchev–Trinajstić information content (AvgIpc) is 3.38. The molecule has 0 bridgehead atoms. The average molecular weight is 592 g/mol. The number of anilines is 3. The van der Waals surface area contributed by atoms with Gasteiger partial charge >= 0.3 is 0 Å². The van der Waals surface area contributed by atoms with Crippen LogP contribution in [0.5, 0.6) is 23.0 Å². The molecule has 2 N–H and O–H groups in total. The summed E-state index contributed by atoms with van der Waals surface area (Å²) in [5.41, 5.74) is 1.01. The summed E-state index contributed by atoms with van der Waals surface area (Å²) in [6, 6.07) is 15.2. The van der Waals surface area contributed by atoms with Crippen LogP contribution in [0.3, 0.4) is 0 Å². The first-order valence-electron chi connectivity index (χ1n) is 12.0. The second-order valence-electron chi connectivity index (χ2n) is 8.72. The monoisotopic (exact) mass is 591 g/mol. The van der Waals surface area contributed by atoms with Crippen molar-refractivity contribution in [2.75, 3.05) is 48.2 Å². The molecule has 0 unspecified atom stereocenters. The van der Waals surface area contributed by atoms with Crippen molar-refractivity contribution in [1.82, 2.24) is 0 Å². The van der Waals surface area contributed by atoms with Crippen LogP contribution >= 0.6 is 0 Å². The highest BCUT2D eigenvalue weighted by Gasteiger charge is 2.22. The van der Waals surface area contributed by atoms with Gasteiger partial charge in [0.1, 0.15) is 11.5 Å². The fourth-order valence-electron chi connectivity index (χ4n) is 3.95. The Hall–Kier alpha value is -4.17. The quantitative estimate of drug-likeness (QED) is 0.323. The molecule has 0 fully saturated rings. The Morgan fingerprint density at radius 2 is 1.65 bits per heavy atom. The minimum Gasteiger partial charge on any atom is -0.497 e. The van der Waals surface area contributed by atoms with E-state index in [1.165, 1.54) is 48.9 Å². The van der Waals surface area contributed by atoms with Crippen LogP contribution in [0.4, 0.5) is 17.1 Å². The van der Waals surface area contributed by atoms with Crippen molar-refractivity contribution >= 4 is 43.0 Å². The Morgan fingerprint density at radius 3 is 2.33 bits per heavy atom. The molecule has 0 saturated heterocycles. The first-order valence-corrected chi connectivity index (χ1v) is 15.4. The lowest BCUT2D eigenvalue weighted by Gasteiger charge is -2.22. The largest absolute Gasteiger partial charge is 0.497 e. The molecule has 3 aromatic carbocycles. The summed E-state index contributed by atoms with van der Waals surface area (Å²) in [6.07, 6.45) is 1.37. The molecule has 12 nitrogen and oxygen atoms in total. The van der Waals surface area contributed by atoms with Crippen molar-refractivity contribution in [3.05, 3.63) is 60.7 Å². The van der Waals surface area contributed by atoms with Crippen molar-refractivity contribution in [2.45, 2.75) is 17.7 Å². The van der Waals surface area contributed by atoms with Gasteiger partial charge in [-0.15, -0.1) is 0 Å². The molecule has 0 saturated carbocycles. The Balaban J connectivity index is 1.35. The molecule has 14 heteroatoms. The summed E-state index contributed by atoms with van der Waals surface area (Å²) in [6.45, 7) is 0.140. The highest BCUT2D eigenvalue weighted by Crippen LogP contribution is 2.36. The highest BCUT2D eigenvalue weighted by molar-refractivity contribution is 7.92. The zero-order valence-corrected chi connectivity index (χ0v) is 23.7. The van der Waals surface area contributed by atoms with Gasteiger partial charge in [0.05, 0.1) is 36.7 Å². The van der Waals surface area contributed by atoms with Crippen LogP contribution in [0.2, 0.25) is 0 Å². The molecule has 0 radical (unpaired) electrons.